The van der Waals surface area contributed by atoms with E-state index in [0.717, 1.165) is 84.4 Å². The van der Waals surface area contributed by atoms with Crippen LogP contribution in [0, 0.1) is 0 Å². The van der Waals surface area contributed by atoms with Crippen LogP contribution in [0.1, 0.15) is 67.3 Å². The van der Waals surface area contributed by atoms with E-state index >= 15 is 4.39 Å². The van der Waals surface area contributed by atoms with Gasteiger partial charge < -0.3 is 24.6 Å². The van der Waals surface area contributed by atoms with E-state index in [1.165, 1.54) is 0 Å². The van der Waals surface area contributed by atoms with Gasteiger partial charge in [0.05, 0.1) is 17.9 Å². The van der Waals surface area contributed by atoms with Gasteiger partial charge in [-0.05, 0) is 83.1 Å². The number of ether oxygens (including phenoxy) is 1. The van der Waals surface area contributed by atoms with Crippen LogP contribution in [0.15, 0.2) is 36.4 Å². The number of carboxylic acids is 1. The summed E-state index contributed by atoms with van der Waals surface area (Å²) in [5.74, 6) is -0.344. The molecule has 2 unspecified atom stereocenters. The van der Waals surface area contributed by atoms with Gasteiger partial charge in [-0.2, -0.15) is 0 Å². The summed E-state index contributed by atoms with van der Waals surface area (Å²) in [6, 6.07) is 11.7. The number of fused-ring (bicyclic) bond motifs is 5. The quantitative estimate of drug-likeness (QED) is 0.380. The summed E-state index contributed by atoms with van der Waals surface area (Å²) in [5, 5.41) is 14.5. The number of alkyl halides is 1. The lowest BCUT2D eigenvalue weighted by Gasteiger charge is -2.30. The average molecular weight is 508 g/mol. The molecule has 2 N–H and O–H groups in total. The van der Waals surface area contributed by atoms with Gasteiger partial charge in [0.15, 0.2) is 0 Å². The van der Waals surface area contributed by atoms with Crippen LogP contribution >= 0.6 is 0 Å². The van der Waals surface area contributed by atoms with E-state index < -0.39 is 12.1 Å². The lowest BCUT2D eigenvalue weighted by molar-refractivity contribution is 0.0697. The van der Waals surface area contributed by atoms with Crippen LogP contribution in [-0.2, 0) is 6.54 Å². The maximum absolute atomic E-state index is 15.5. The van der Waals surface area contributed by atoms with Gasteiger partial charge in [0.1, 0.15) is 11.9 Å². The molecule has 0 saturated heterocycles. The van der Waals surface area contributed by atoms with E-state index in [-0.39, 0.29) is 17.5 Å². The van der Waals surface area contributed by atoms with Crippen LogP contribution in [0.3, 0.4) is 0 Å². The molecule has 3 atom stereocenters. The lowest BCUT2D eigenvalue weighted by atomic mass is 9.80. The molecule has 3 aromatic rings. The van der Waals surface area contributed by atoms with Gasteiger partial charge in [-0.15, -0.1) is 0 Å². The van der Waals surface area contributed by atoms with Crippen LogP contribution in [0.2, 0.25) is 0 Å². The number of hydrogen-bond donors (Lipinski definition) is 2. The number of halogens is 1. The summed E-state index contributed by atoms with van der Waals surface area (Å²) in [4.78, 5) is 14.1. The van der Waals surface area contributed by atoms with Crippen molar-refractivity contribution in [3.05, 3.63) is 47.5 Å². The summed E-state index contributed by atoms with van der Waals surface area (Å²) in [5.41, 5.74) is 5.21. The summed E-state index contributed by atoms with van der Waals surface area (Å²) in [6.07, 6.45) is 4.25. The minimum absolute atomic E-state index is 0.202. The van der Waals surface area contributed by atoms with Crippen molar-refractivity contribution >= 4 is 22.6 Å². The average Bonchev–Trinajstić information content (AvgIpc) is 3.17. The highest BCUT2D eigenvalue weighted by molar-refractivity contribution is 5.99. The number of benzene rings is 2. The highest BCUT2D eigenvalue weighted by Gasteiger charge is 2.34. The molecule has 0 bridgehead atoms. The Labute approximate surface area is 218 Å². The van der Waals surface area contributed by atoms with Gasteiger partial charge in [-0.3, -0.25) is 0 Å². The zero-order valence-corrected chi connectivity index (χ0v) is 22.1. The third-order valence-electron chi connectivity index (χ3n) is 7.95. The Morgan fingerprint density at radius 2 is 1.97 bits per heavy atom. The molecule has 5 rings (SSSR count). The topological polar surface area (TPSA) is 66.7 Å². The summed E-state index contributed by atoms with van der Waals surface area (Å²) in [6.45, 7) is 4.25. The molecular formula is C30H38FN3O3. The van der Waals surface area contributed by atoms with Gasteiger partial charge in [-0.1, -0.05) is 18.9 Å². The minimum atomic E-state index is -0.946. The Morgan fingerprint density at radius 3 is 2.70 bits per heavy atom. The Bertz CT molecular complexity index is 1280. The highest BCUT2D eigenvalue weighted by atomic mass is 19.1. The molecule has 2 heterocycles. The fourth-order valence-electron chi connectivity index (χ4n) is 6.13. The van der Waals surface area contributed by atoms with Crippen molar-refractivity contribution in [2.75, 3.05) is 32.6 Å². The zero-order chi connectivity index (χ0) is 26.1. The number of aromatic nitrogens is 1. The standard InChI is InChI=1S/C30H38FN3O3/c1-4-37-21-10-12-23-26(18-21)32-20(13-15-33(2)3)14-16-34-27-17-19(30(35)36)9-11-24(27)28(29(23)34)22-7-5-6-8-25(22)31/h9-12,17-18,20,22,25,32H,4-8,13-16H2,1-3H3,(H,35,36)/t20?,22?,25-/m0/s1. The van der Waals surface area contributed by atoms with Crippen LogP contribution in [-0.4, -0.2) is 60.0 Å². The molecule has 0 spiro atoms. The summed E-state index contributed by atoms with van der Waals surface area (Å²) < 4.78 is 23.6. The second kappa shape index (κ2) is 10.7. The molecule has 1 saturated carbocycles. The molecule has 6 nitrogen and oxygen atoms in total. The van der Waals surface area contributed by atoms with E-state index in [0.29, 0.717) is 13.0 Å². The van der Waals surface area contributed by atoms with Crippen LogP contribution in [0.25, 0.3) is 22.2 Å². The normalized spacial score (nSPS) is 21.6. The number of anilines is 1. The molecule has 1 aliphatic heterocycles. The third-order valence-corrected chi connectivity index (χ3v) is 7.95. The monoisotopic (exact) mass is 507 g/mol. The lowest BCUT2D eigenvalue weighted by Crippen LogP contribution is -2.28. The fourth-order valence-corrected chi connectivity index (χ4v) is 6.13. The molecule has 0 radical (unpaired) electrons. The number of aromatic carboxylic acids is 1. The first-order valence-electron chi connectivity index (χ1n) is 13.6. The van der Waals surface area contributed by atoms with Crippen LogP contribution < -0.4 is 10.1 Å². The summed E-state index contributed by atoms with van der Waals surface area (Å²) >= 11 is 0. The van der Waals surface area contributed by atoms with E-state index in [4.69, 9.17) is 4.74 Å². The van der Waals surface area contributed by atoms with E-state index in [9.17, 15) is 9.90 Å². The SMILES string of the molecule is CCOc1ccc2c(c1)NC(CCN(C)C)CCn1c-2c(C2CCCC[C@@H]2F)c2ccc(C(=O)O)cc21. The third kappa shape index (κ3) is 5.06. The summed E-state index contributed by atoms with van der Waals surface area (Å²) in [7, 11) is 4.16. The molecule has 37 heavy (non-hydrogen) atoms. The first-order chi connectivity index (χ1) is 17.9. The number of hydrogen-bond acceptors (Lipinski definition) is 4. The number of rotatable bonds is 7. The van der Waals surface area contributed by atoms with Crippen molar-refractivity contribution in [2.24, 2.45) is 0 Å². The molecule has 2 aliphatic rings. The second-order valence-electron chi connectivity index (χ2n) is 10.7. The molecule has 1 aromatic heterocycles. The maximum Gasteiger partial charge on any atom is 0.335 e. The van der Waals surface area contributed by atoms with Gasteiger partial charge in [-0.25, -0.2) is 9.18 Å². The van der Waals surface area contributed by atoms with Crippen molar-refractivity contribution in [2.45, 2.75) is 70.1 Å². The predicted octanol–water partition coefficient (Wildman–Crippen LogP) is 6.54. The van der Waals surface area contributed by atoms with Crippen molar-refractivity contribution in [1.82, 2.24) is 9.47 Å². The largest absolute Gasteiger partial charge is 0.494 e. The van der Waals surface area contributed by atoms with Crippen molar-refractivity contribution in [3.63, 3.8) is 0 Å². The number of aryl methyl sites for hydroxylation is 1. The van der Waals surface area contributed by atoms with Gasteiger partial charge in [0.25, 0.3) is 0 Å². The molecule has 2 aromatic carbocycles. The smallest absolute Gasteiger partial charge is 0.335 e. The first kappa shape index (κ1) is 25.6. The van der Waals surface area contributed by atoms with Gasteiger partial charge in [0.2, 0.25) is 0 Å². The van der Waals surface area contributed by atoms with Crippen molar-refractivity contribution < 1.29 is 19.0 Å². The van der Waals surface area contributed by atoms with Crippen LogP contribution in [0.5, 0.6) is 5.75 Å². The highest BCUT2D eigenvalue weighted by Crippen LogP contribution is 2.48. The predicted molar refractivity (Wildman–Crippen MR) is 147 cm³/mol. The zero-order valence-electron chi connectivity index (χ0n) is 22.1. The van der Waals surface area contributed by atoms with Crippen molar-refractivity contribution in [1.29, 1.82) is 0 Å². The Morgan fingerprint density at radius 1 is 1.16 bits per heavy atom. The van der Waals surface area contributed by atoms with E-state index in [2.05, 4.69) is 41.0 Å². The number of carboxylic acid groups (broad SMARTS) is 1. The number of nitrogens with one attached hydrogen (secondary N) is 1. The van der Waals surface area contributed by atoms with Gasteiger partial charge >= 0.3 is 5.97 Å². The fraction of sp³-hybridized carbons (Fsp3) is 0.500. The van der Waals surface area contributed by atoms with Gasteiger partial charge in [0, 0.05) is 46.7 Å². The molecule has 0 amide bonds. The minimum Gasteiger partial charge on any atom is -0.494 e. The Kier molecular flexibility index (Phi) is 7.43. The maximum atomic E-state index is 15.5. The number of nitrogens with zero attached hydrogens (tertiary/aromatic N) is 2. The van der Waals surface area contributed by atoms with Crippen molar-refractivity contribution in [3.8, 4) is 17.0 Å². The van der Waals surface area contributed by atoms with Crippen LogP contribution in [0.4, 0.5) is 10.1 Å². The molecule has 7 heteroatoms. The molecule has 1 fully saturated rings. The number of carbonyl (C=O) groups is 1. The first-order valence-corrected chi connectivity index (χ1v) is 13.6. The second-order valence-corrected chi connectivity index (χ2v) is 10.7. The molecular weight excluding hydrogens is 469 g/mol. The molecule has 198 valence electrons. The Hall–Kier alpha value is -3.06. The van der Waals surface area contributed by atoms with E-state index in [1.54, 1.807) is 12.1 Å². The molecule has 1 aliphatic carbocycles. The van der Waals surface area contributed by atoms with E-state index in [1.807, 2.05) is 19.1 Å². The Balaban J connectivity index is 1.75.